The van der Waals surface area contributed by atoms with E-state index < -0.39 is 0 Å². The zero-order valence-electron chi connectivity index (χ0n) is 17.2. The minimum Gasteiger partial charge on any atom is -0.340 e. The summed E-state index contributed by atoms with van der Waals surface area (Å²) in [6.07, 6.45) is 0. The molecule has 2 aliphatic rings. The van der Waals surface area contributed by atoms with E-state index in [1.807, 2.05) is 11.9 Å². The van der Waals surface area contributed by atoms with Crippen molar-refractivity contribution in [3.05, 3.63) is 35.4 Å². The van der Waals surface area contributed by atoms with Gasteiger partial charge in [0.2, 0.25) is 5.91 Å². The fourth-order valence-electron chi connectivity index (χ4n) is 3.69. The maximum absolute atomic E-state index is 12.5. The molecule has 0 aromatic heterocycles. The normalized spacial score (nSPS) is 20.7. The number of carbonyl (C=O) groups excluding carboxylic acids is 1. The van der Waals surface area contributed by atoms with Gasteiger partial charge in [0.05, 0.1) is 6.54 Å². The molecule has 2 saturated heterocycles. The molecule has 1 amide bonds. The van der Waals surface area contributed by atoms with Gasteiger partial charge in [-0.1, -0.05) is 24.3 Å². The zero-order chi connectivity index (χ0) is 19.2. The molecule has 1 aromatic rings. The van der Waals surface area contributed by atoms with E-state index in [2.05, 4.69) is 58.0 Å². The van der Waals surface area contributed by atoms with Crippen LogP contribution in [-0.4, -0.2) is 110 Å². The van der Waals surface area contributed by atoms with Gasteiger partial charge in [0.25, 0.3) is 0 Å². The van der Waals surface area contributed by atoms with Crippen LogP contribution in [-0.2, 0) is 17.9 Å². The van der Waals surface area contributed by atoms with Gasteiger partial charge in [0, 0.05) is 72.5 Å². The minimum absolute atomic E-state index is 0.209. The molecule has 0 unspecified atom stereocenters. The van der Waals surface area contributed by atoms with E-state index in [4.69, 9.17) is 0 Å². The zero-order valence-corrected chi connectivity index (χ0v) is 17.2. The first kappa shape index (κ1) is 20.3. The lowest BCUT2D eigenvalue weighted by Gasteiger charge is -2.33. The quantitative estimate of drug-likeness (QED) is 0.731. The van der Waals surface area contributed by atoms with E-state index in [-0.39, 0.29) is 5.91 Å². The molecule has 6 heteroatoms. The molecule has 0 atom stereocenters. The van der Waals surface area contributed by atoms with Crippen molar-refractivity contribution in [2.24, 2.45) is 0 Å². The van der Waals surface area contributed by atoms with Crippen LogP contribution in [0.1, 0.15) is 11.1 Å². The Morgan fingerprint density at radius 2 is 1.30 bits per heavy atom. The minimum atomic E-state index is 0.209. The Morgan fingerprint density at radius 1 is 0.815 bits per heavy atom. The second-order valence-electron chi connectivity index (χ2n) is 8.23. The van der Waals surface area contributed by atoms with Crippen LogP contribution in [0.4, 0.5) is 0 Å². The van der Waals surface area contributed by atoms with Gasteiger partial charge in [-0.3, -0.25) is 14.6 Å². The topological polar surface area (TPSA) is 33.3 Å². The van der Waals surface area contributed by atoms with E-state index in [9.17, 15) is 4.79 Å². The highest BCUT2D eigenvalue weighted by atomic mass is 16.2. The molecule has 0 aliphatic carbocycles. The molecule has 27 heavy (non-hydrogen) atoms. The molecule has 0 saturated carbocycles. The molecule has 0 radical (unpaired) electrons. The molecular formula is C21H35N5O. The second-order valence-corrected chi connectivity index (χ2v) is 8.23. The van der Waals surface area contributed by atoms with Crippen LogP contribution in [0, 0.1) is 0 Å². The van der Waals surface area contributed by atoms with Crippen LogP contribution in [0.2, 0.25) is 0 Å². The highest BCUT2D eigenvalue weighted by molar-refractivity contribution is 5.78. The summed E-state index contributed by atoms with van der Waals surface area (Å²) in [5.41, 5.74) is 2.56. The first-order valence-electron chi connectivity index (χ1n) is 10.1. The molecule has 0 bridgehead atoms. The predicted molar refractivity (Wildman–Crippen MR) is 110 cm³/mol. The van der Waals surface area contributed by atoms with E-state index in [0.717, 1.165) is 58.9 Å². The average molecular weight is 374 g/mol. The van der Waals surface area contributed by atoms with Gasteiger partial charge in [-0.2, -0.15) is 0 Å². The maximum atomic E-state index is 12.5. The third kappa shape index (κ3) is 6.28. The summed E-state index contributed by atoms with van der Waals surface area (Å²) in [6, 6.07) is 8.77. The number of hydrogen-bond donors (Lipinski definition) is 0. The number of likely N-dealkylation sites (N-methyl/N-ethyl adjacent to an activating group) is 3. The molecule has 2 aliphatic heterocycles. The Hall–Kier alpha value is -1.47. The first-order valence-corrected chi connectivity index (χ1v) is 10.1. The van der Waals surface area contributed by atoms with Gasteiger partial charge in [0.15, 0.2) is 0 Å². The number of benzene rings is 1. The summed E-state index contributed by atoms with van der Waals surface area (Å²) in [6.45, 7) is 10.9. The van der Waals surface area contributed by atoms with Crippen molar-refractivity contribution in [2.45, 2.75) is 13.1 Å². The highest BCUT2D eigenvalue weighted by Crippen LogP contribution is 2.11. The number of piperazine rings is 2. The van der Waals surface area contributed by atoms with E-state index in [1.54, 1.807) is 0 Å². The third-order valence-electron chi connectivity index (χ3n) is 5.83. The van der Waals surface area contributed by atoms with Crippen molar-refractivity contribution < 1.29 is 4.79 Å². The van der Waals surface area contributed by atoms with Crippen molar-refractivity contribution in [3.8, 4) is 0 Å². The van der Waals surface area contributed by atoms with Gasteiger partial charge in [-0.05, 0) is 25.2 Å². The molecule has 2 heterocycles. The number of carbonyl (C=O) groups is 1. The fourth-order valence-corrected chi connectivity index (χ4v) is 3.69. The largest absolute Gasteiger partial charge is 0.340 e. The smallest absolute Gasteiger partial charge is 0.236 e. The van der Waals surface area contributed by atoms with Gasteiger partial charge in [0.1, 0.15) is 0 Å². The van der Waals surface area contributed by atoms with Crippen LogP contribution in [0.15, 0.2) is 24.3 Å². The summed E-state index contributed by atoms with van der Waals surface area (Å²) in [4.78, 5) is 23.8. The van der Waals surface area contributed by atoms with Gasteiger partial charge in [-0.25, -0.2) is 0 Å². The van der Waals surface area contributed by atoms with Crippen LogP contribution in [0.5, 0.6) is 0 Å². The summed E-state index contributed by atoms with van der Waals surface area (Å²) >= 11 is 0. The van der Waals surface area contributed by atoms with E-state index in [0.29, 0.717) is 13.1 Å². The van der Waals surface area contributed by atoms with Crippen LogP contribution >= 0.6 is 0 Å². The number of rotatable bonds is 6. The van der Waals surface area contributed by atoms with Crippen LogP contribution in [0.3, 0.4) is 0 Å². The predicted octanol–water partition coefficient (Wildman–Crippen LogP) is 0.640. The molecule has 2 fully saturated rings. The van der Waals surface area contributed by atoms with Crippen molar-refractivity contribution >= 4 is 5.91 Å². The Morgan fingerprint density at radius 3 is 1.85 bits per heavy atom. The Kier molecular flexibility index (Phi) is 7.24. The lowest BCUT2D eigenvalue weighted by atomic mass is 10.1. The maximum Gasteiger partial charge on any atom is 0.236 e. The lowest BCUT2D eigenvalue weighted by molar-refractivity contribution is -0.132. The molecule has 3 rings (SSSR count). The Bertz CT molecular complexity index is 589. The number of nitrogens with zero attached hydrogens (tertiary/aromatic N) is 5. The SMILES string of the molecule is CN1CCN(CC(=O)N(C)Cc2ccc(CN3CCN(C)CC3)cc2)CC1. The lowest BCUT2D eigenvalue weighted by Crippen LogP contribution is -2.48. The Balaban J connectivity index is 1.43. The van der Waals surface area contributed by atoms with E-state index >= 15 is 0 Å². The molecule has 0 N–H and O–H groups in total. The van der Waals surface area contributed by atoms with E-state index in [1.165, 1.54) is 11.1 Å². The Labute approximate surface area is 164 Å². The molecule has 0 spiro atoms. The van der Waals surface area contributed by atoms with Crippen molar-refractivity contribution in [1.82, 2.24) is 24.5 Å². The first-order chi connectivity index (χ1) is 13.0. The summed E-state index contributed by atoms with van der Waals surface area (Å²) in [5, 5.41) is 0. The van der Waals surface area contributed by atoms with Crippen molar-refractivity contribution in [1.29, 1.82) is 0 Å². The van der Waals surface area contributed by atoms with Crippen molar-refractivity contribution in [3.63, 3.8) is 0 Å². The van der Waals surface area contributed by atoms with Crippen molar-refractivity contribution in [2.75, 3.05) is 80.0 Å². The van der Waals surface area contributed by atoms with Crippen LogP contribution in [0.25, 0.3) is 0 Å². The molecule has 150 valence electrons. The van der Waals surface area contributed by atoms with Gasteiger partial charge < -0.3 is 14.7 Å². The molecule has 1 aromatic carbocycles. The average Bonchev–Trinajstić information content (AvgIpc) is 2.67. The summed E-state index contributed by atoms with van der Waals surface area (Å²) in [5.74, 6) is 0.209. The summed E-state index contributed by atoms with van der Waals surface area (Å²) < 4.78 is 0. The van der Waals surface area contributed by atoms with Gasteiger partial charge >= 0.3 is 0 Å². The third-order valence-corrected chi connectivity index (χ3v) is 5.83. The molecule has 6 nitrogen and oxygen atoms in total. The monoisotopic (exact) mass is 373 g/mol. The standard InChI is InChI=1S/C21H35N5O/c1-22-8-12-25(13-9-22)17-20-6-4-19(5-7-20)16-24(3)21(27)18-26-14-10-23(2)11-15-26/h4-7H,8-18H2,1-3H3. The molecular weight excluding hydrogens is 338 g/mol. The number of amides is 1. The highest BCUT2D eigenvalue weighted by Gasteiger charge is 2.19. The fraction of sp³-hybridized carbons (Fsp3) is 0.667. The number of hydrogen-bond acceptors (Lipinski definition) is 5. The van der Waals surface area contributed by atoms with Gasteiger partial charge in [-0.15, -0.1) is 0 Å². The second kappa shape index (κ2) is 9.64. The van der Waals surface area contributed by atoms with Crippen LogP contribution < -0.4 is 0 Å². The summed E-state index contributed by atoms with van der Waals surface area (Å²) in [7, 11) is 6.24.